The van der Waals surface area contributed by atoms with Crippen molar-refractivity contribution in [1.82, 2.24) is 5.32 Å². The molecule has 1 aliphatic heterocycles. The topological polar surface area (TPSA) is 41.5 Å². The molecule has 2 aliphatic rings. The first kappa shape index (κ1) is 14.3. The third-order valence-corrected chi connectivity index (χ3v) is 4.91. The molecule has 0 amide bonds. The molecule has 106 valence electrons. The van der Waals surface area contributed by atoms with E-state index in [4.69, 9.17) is 9.84 Å². The zero-order valence-corrected chi connectivity index (χ0v) is 12.3. The average molecular weight is 255 g/mol. The highest BCUT2D eigenvalue weighted by molar-refractivity contribution is 5.11. The van der Waals surface area contributed by atoms with Crippen LogP contribution >= 0.6 is 0 Å². The van der Waals surface area contributed by atoms with Crippen LogP contribution in [0.4, 0.5) is 0 Å². The summed E-state index contributed by atoms with van der Waals surface area (Å²) >= 11 is 0. The van der Waals surface area contributed by atoms with Crippen molar-refractivity contribution in [2.75, 3.05) is 19.8 Å². The van der Waals surface area contributed by atoms with Gasteiger partial charge in [-0.25, -0.2) is 0 Å². The van der Waals surface area contributed by atoms with Gasteiger partial charge in [0.2, 0.25) is 0 Å². The normalized spacial score (nSPS) is 34.2. The maximum atomic E-state index is 8.93. The lowest BCUT2D eigenvalue weighted by atomic mass is 9.57. The number of ether oxygens (including phenoxy) is 1. The van der Waals surface area contributed by atoms with Crippen LogP contribution in [-0.4, -0.2) is 37.0 Å². The number of fused-ring (bicyclic) bond motifs is 1. The van der Waals surface area contributed by atoms with Crippen LogP contribution in [0.25, 0.3) is 0 Å². The predicted octanol–water partition coefficient (Wildman–Crippen LogP) is 2.19. The van der Waals surface area contributed by atoms with Gasteiger partial charge in [0, 0.05) is 37.1 Å². The van der Waals surface area contributed by atoms with Crippen LogP contribution in [0.3, 0.4) is 0 Å². The van der Waals surface area contributed by atoms with Crippen LogP contribution in [-0.2, 0) is 4.74 Å². The van der Waals surface area contributed by atoms with Gasteiger partial charge in [0.15, 0.2) is 0 Å². The molecule has 3 atom stereocenters. The minimum absolute atomic E-state index is 0.267. The first-order valence-electron chi connectivity index (χ1n) is 7.34. The van der Waals surface area contributed by atoms with Crippen LogP contribution in [0.2, 0.25) is 0 Å². The van der Waals surface area contributed by atoms with E-state index >= 15 is 0 Å². The van der Waals surface area contributed by atoms with Gasteiger partial charge in [-0.15, -0.1) is 0 Å². The Morgan fingerprint density at radius 1 is 1.39 bits per heavy atom. The quantitative estimate of drug-likeness (QED) is 0.764. The summed E-state index contributed by atoms with van der Waals surface area (Å²) in [6.07, 6.45) is 3.66. The number of hydrogen-bond donors (Lipinski definition) is 2. The summed E-state index contributed by atoms with van der Waals surface area (Å²) in [6, 6.07) is 0.596. The lowest BCUT2D eigenvalue weighted by molar-refractivity contribution is -0.114. The van der Waals surface area contributed by atoms with Crippen molar-refractivity contribution in [3.8, 4) is 0 Å². The van der Waals surface area contributed by atoms with Crippen LogP contribution in [0.1, 0.15) is 47.0 Å². The molecule has 1 saturated heterocycles. The molecule has 18 heavy (non-hydrogen) atoms. The SMILES string of the molecule is CC(C)(CCCO)CNC1C2CCOC2C1(C)C. The fourth-order valence-corrected chi connectivity index (χ4v) is 3.77. The van der Waals surface area contributed by atoms with Crippen LogP contribution in [0.5, 0.6) is 0 Å². The van der Waals surface area contributed by atoms with Crippen molar-refractivity contribution in [3.05, 3.63) is 0 Å². The largest absolute Gasteiger partial charge is 0.396 e. The highest BCUT2D eigenvalue weighted by Crippen LogP contribution is 2.52. The molecule has 2 N–H and O–H groups in total. The molecule has 3 heteroatoms. The minimum atomic E-state index is 0.267. The Kier molecular flexibility index (Phi) is 4.05. The van der Waals surface area contributed by atoms with Gasteiger partial charge in [-0.05, 0) is 24.7 Å². The van der Waals surface area contributed by atoms with E-state index in [9.17, 15) is 0 Å². The molecule has 3 unspecified atom stereocenters. The fraction of sp³-hybridized carbons (Fsp3) is 1.00. The van der Waals surface area contributed by atoms with E-state index in [1.165, 1.54) is 6.42 Å². The van der Waals surface area contributed by atoms with E-state index in [0.29, 0.717) is 24.7 Å². The first-order valence-corrected chi connectivity index (χ1v) is 7.34. The monoisotopic (exact) mass is 255 g/mol. The maximum absolute atomic E-state index is 8.93. The Morgan fingerprint density at radius 3 is 2.78 bits per heavy atom. The molecule has 0 aromatic heterocycles. The van der Waals surface area contributed by atoms with Gasteiger partial charge in [0.05, 0.1) is 6.10 Å². The van der Waals surface area contributed by atoms with Gasteiger partial charge in [-0.3, -0.25) is 0 Å². The summed E-state index contributed by atoms with van der Waals surface area (Å²) in [5, 5.41) is 12.7. The Labute approximate surface area is 111 Å². The van der Waals surface area contributed by atoms with Gasteiger partial charge < -0.3 is 15.2 Å². The average Bonchev–Trinajstić information content (AvgIpc) is 2.73. The van der Waals surface area contributed by atoms with Crippen molar-refractivity contribution in [2.45, 2.75) is 59.1 Å². The number of hydrogen-bond acceptors (Lipinski definition) is 3. The zero-order chi connectivity index (χ0) is 13.4. The molecule has 3 nitrogen and oxygen atoms in total. The Morgan fingerprint density at radius 2 is 2.11 bits per heavy atom. The van der Waals surface area contributed by atoms with E-state index in [-0.39, 0.29) is 10.8 Å². The van der Waals surface area contributed by atoms with Crippen molar-refractivity contribution in [1.29, 1.82) is 0 Å². The van der Waals surface area contributed by atoms with Crippen LogP contribution in [0, 0.1) is 16.7 Å². The van der Waals surface area contributed by atoms with Crippen LogP contribution < -0.4 is 5.32 Å². The van der Waals surface area contributed by atoms with Gasteiger partial charge >= 0.3 is 0 Å². The van der Waals surface area contributed by atoms with Gasteiger partial charge in [0.25, 0.3) is 0 Å². The van der Waals surface area contributed by atoms with E-state index in [0.717, 1.165) is 26.0 Å². The van der Waals surface area contributed by atoms with Gasteiger partial charge in [-0.1, -0.05) is 27.7 Å². The molecule has 0 bridgehead atoms. The lowest BCUT2D eigenvalue weighted by Gasteiger charge is -2.55. The molecule has 0 radical (unpaired) electrons. The third kappa shape index (κ3) is 2.59. The predicted molar refractivity (Wildman–Crippen MR) is 73.5 cm³/mol. The molecule has 1 saturated carbocycles. The second-order valence-electron chi connectivity index (χ2n) is 7.42. The second-order valence-corrected chi connectivity index (χ2v) is 7.42. The number of rotatable bonds is 6. The molecule has 0 aromatic rings. The molecular weight excluding hydrogens is 226 g/mol. The van der Waals surface area contributed by atoms with E-state index < -0.39 is 0 Å². The summed E-state index contributed by atoms with van der Waals surface area (Å²) in [7, 11) is 0. The fourth-order valence-electron chi connectivity index (χ4n) is 3.77. The van der Waals surface area contributed by atoms with Gasteiger partial charge in [-0.2, -0.15) is 0 Å². The first-order chi connectivity index (χ1) is 8.38. The van der Waals surface area contributed by atoms with Crippen molar-refractivity contribution in [3.63, 3.8) is 0 Å². The highest BCUT2D eigenvalue weighted by atomic mass is 16.5. The minimum Gasteiger partial charge on any atom is -0.396 e. The third-order valence-electron chi connectivity index (χ3n) is 4.91. The second kappa shape index (κ2) is 5.10. The number of nitrogens with one attached hydrogen (secondary N) is 1. The van der Waals surface area contributed by atoms with Crippen molar-refractivity contribution in [2.24, 2.45) is 16.7 Å². The standard InChI is InChI=1S/C15H29NO2/c1-14(2,7-5-8-17)10-16-12-11-6-9-18-13(11)15(12,3)4/h11-13,16-17H,5-10H2,1-4H3. The smallest absolute Gasteiger partial charge is 0.0685 e. The maximum Gasteiger partial charge on any atom is 0.0685 e. The molecule has 2 rings (SSSR count). The van der Waals surface area contributed by atoms with Crippen molar-refractivity contribution >= 4 is 0 Å². The van der Waals surface area contributed by atoms with E-state index in [2.05, 4.69) is 33.0 Å². The zero-order valence-electron chi connectivity index (χ0n) is 12.3. The lowest BCUT2D eigenvalue weighted by Crippen LogP contribution is -2.66. The van der Waals surface area contributed by atoms with E-state index in [1.807, 2.05) is 0 Å². The van der Waals surface area contributed by atoms with Gasteiger partial charge in [0.1, 0.15) is 0 Å². The summed E-state index contributed by atoms with van der Waals surface area (Å²) in [5.74, 6) is 0.716. The Bertz CT molecular complexity index is 288. The summed E-state index contributed by atoms with van der Waals surface area (Å²) < 4.78 is 5.82. The number of aliphatic hydroxyl groups is 1. The molecule has 0 spiro atoms. The molecule has 1 heterocycles. The summed E-state index contributed by atoms with van der Waals surface area (Å²) in [5.41, 5.74) is 0.539. The van der Waals surface area contributed by atoms with Crippen LogP contribution in [0.15, 0.2) is 0 Å². The molecular formula is C15H29NO2. The Balaban J connectivity index is 1.83. The summed E-state index contributed by atoms with van der Waals surface area (Å²) in [4.78, 5) is 0. The summed E-state index contributed by atoms with van der Waals surface area (Å²) in [6.45, 7) is 11.5. The highest BCUT2D eigenvalue weighted by Gasteiger charge is 2.59. The Hall–Kier alpha value is -0.120. The van der Waals surface area contributed by atoms with E-state index in [1.54, 1.807) is 0 Å². The molecule has 0 aromatic carbocycles. The molecule has 2 fully saturated rings. The molecule has 1 aliphatic carbocycles. The number of aliphatic hydroxyl groups excluding tert-OH is 1. The van der Waals surface area contributed by atoms with Crippen molar-refractivity contribution < 1.29 is 9.84 Å².